The molecule has 1 aliphatic rings. The van der Waals surface area contributed by atoms with Crippen LogP contribution in [0.15, 0.2) is 41.3 Å². The molecular weight excluding hydrogens is 553 g/mol. The van der Waals surface area contributed by atoms with Gasteiger partial charge in [0.2, 0.25) is 0 Å². The first kappa shape index (κ1) is 28.8. The van der Waals surface area contributed by atoms with E-state index in [9.17, 15) is 22.8 Å². The van der Waals surface area contributed by atoms with Crippen molar-refractivity contribution >= 4 is 63.5 Å². The lowest BCUT2D eigenvalue weighted by atomic mass is 10.1. The summed E-state index contributed by atoms with van der Waals surface area (Å²) in [5.74, 6) is -0.666. The molecule has 1 fully saturated rings. The normalized spacial score (nSPS) is 14.9. The number of carbonyl (C=O) groups excluding carboxylic acids is 2. The van der Waals surface area contributed by atoms with E-state index in [2.05, 4.69) is 5.32 Å². The van der Waals surface area contributed by atoms with Crippen LogP contribution < -0.4 is 14.8 Å². The quantitative estimate of drug-likeness (QED) is 0.224. The fourth-order valence-electron chi connectivity index (χ4n) is 3.28. The number of rotatable bonds is 10. The Morgan fingerprint density at radius 2 is 2.00 bits per heavy atom. The zero-order chi connectivity index (χ0) is 27.2. The van der Waals surface area contributed by atoms with Crippen molar-refractivity contribution in [1.29, 1.82) is 0 Å². The molecule has 0 bridgehead atoms. The predicted octanol–water partition coefficient (Wildman–Crippen LogP) is 5.62. The average Bonchev–Trinajstić information content (AvgIpc) is 3.10. The summed E-state index contributed by atoms with van der Waals surface area (Å²) in [6.07, 6.45) is -2.28. The number of nitrogens with zero attached hydrogens (tertiary/aromatic N) is 1. The van der Waals surface area contributed by atoms with E-state index < -0.39 is 24.3 Å². The zero-order valence-corrected chi connectivity index (χ0v) is 22.1. The van der Waals surface area contributed by atoms with Crippen LogP contribution in [0.3, 0.4) is 0 Å². The Balaban J connectivity index is 1.69. The van der Waals surface area contributed by atoms with E-state index in [-0.39, 0.29) is 28.1 Å². The van der Waals surface area contributed by atoms with Gasteiger partial charge in [-0.15, -0.1) is 0 Å². The second kappa shape index (κ2) is 12.6. The van der Waals surface area contributed by atoms with Crippen LogP contribution in [0.25, 0.3) is 6.08 Å². The highest BCUT2D eigenvalue weighted by molar-refractivity contribution is 8.26. The van der Waals surface area contributed by atoms with Gasteiger partial charge in [-0.25, -0.2) is 0 Å². The summed E-state index contributed by atoms with van der Waals surface area (Å²) in [6, 6.07) is 7.34. The molecule has 1 saturated heterocycles. The van der Waals surface area contributed by atoms with Gasteiger partial charge in [-0.05, 0) is 48.4 Å². The Morgan fingerprint density at radius 3 is 2.68 bits per heavy atom. The standard InChI is InChI=1S/C24H22ClF3N2O5S2/c1-33-8-4-7-30-22(32)19(37-23(30)36)11-14-9-17(25)21(18(10-14)34-2)35-13-20(31)29-16-6-3-5-15(12-16)24(26,27)28/h3,5-6,9-12H,4,7-8,13H2,1-2H3,(H,29,31)/b19-11-. The first-order valence-electron chi connectivity index (χ1n) is 10.7. The van der Waals surface area contributed by atoms with Crippen LogP contribution in [0.1, 0.15) is 17.5 Å². The molecule has 0 unspecified atom stereocenters. The number of anilines is 1. The number of nitrogens with one attached hydrogen (secondary N) is 1. The molecule has 13 heteroatoms. The van der Waals surface area contributed by atoms with Gasteiger partial charge < -0.3 is 19.5 Å². The number of thioether (sulfide) groups is 1. The third-order valence-corrected chi connectivity index (χ3v) is 6.63. The first-order chi connectivity index (χ1) is 17.5. The largest absolute Gasteiger partial charge is 0.493 e. The lowest BCUT2D eigenvalue weighted by molar-refractivity contribution is -0.137. The van der Waals surface area contributed by atoms with Crippen LogP contribution in [0.2, 0.25) is 5.02 Å². The molecule has 0 radical (unpaired) electrons. The molecule has 2 aromatic rings. The molecule has 37 heavy (non-hydrogen) atoms. The molecule has 1 N–H and O–H groups in total. The van der Waals surface area contributed by atoms with Crippen molar-refractivity contribution < 1.29 is 37.0 Å². The SMILES string of the molecule is COCCCN1C(=O)/C(=C/c2cc(Cl)c(OCC(=O)Nc3cccc(C(F)(F)F)c3)c(OC)c2)SC1=S. The van der Waals surface area contributed by atoms with Crippen LogP contribution in [-0.2, 0) is 20.5 Å². The summed E-state index contributed by atoms with van der Waals surface area (Å²) in [4.78, 5) is 26.9. The molecule has 7 nitrogen and oxygen atoms in total. The van der Waals surface area contributed by atoms with E-state index >= 15 is 0 Å². The Morgan fingerprint density at radius 1 is 1.24 bits per heavy atom. The molecule has 0 aliphatic carbocycles. The minimum absolute atomic E-state index is 0.0311. The van der Waals surface area contributed by atoms with Gasteiger partial charge in [0.25, 0.3) is 11.8 Å². The molecule has 0 saturated carbocycles. The Labute approximate surface area is 225 Å². The number of halogens is 4. The maximum Gasteiger partial charge on any atom is 0.416 e. The second-order valence-electron chi connectivity index (χ2n) is 7.63. The fraction of sp³-hybridized carbons (Fsp3) is 0.292. The lowest BCUT2D eigenvalue weighted by Crippen LogP contribution is -2.29. The van der Waals surface area contributed by atoms with Crippen LogP contribution in [0.4, 0.5) is 18.9 Å². The van der Waals surface area contributed by atoms with E-state index in [1.54, 1.807) is 19.3 Å². The third-order valence-electron chi connectivity index (χ3n) is 4.97. The maximum absolute atomic E-state index is 12.9. The van der Waals surface area contributed by atoms with Crippen molar-refractivity contribution in [2.24, 2.45) is 0 Å². The molecule has 2 amide bonds. The van der Waals surface area contributed by atoms with Gasteiger partial charge in [0, 0.05) is 25.9 Å². The number of hydrogen-bond acceptors (Lipinski definition) is 7. The molecule has 0 atom stereocenters. The van der Waals surface area contributed by atoms with Gasteiger partial charge in [-0.1, -0.05) is 41.6 Å². The molecular formula is C24H22ClF3N2O5S2. The average molecular weight is 575 g/mol. The Kier molecular flexibility index (Phi) is 9.82. The van der Waals surface area contributed by atoms with Crippen molar-refractivity contribution in [3.05, 3.63) is 57.5 Å². The summed E-state index contributed by atoms with van der Waals surface area (Å²) in [7, 11) is 2.96. The predicted molar refractivity (Wildman–Crippen MR) is 140 cm³/mol. The van der Waals surface area contributed by atoms with Crippen molar-refractivity contribution in [3.8, 4) is 11.5 Å². The van der Waals surface area contributed by atoms with Gasteiger partial charge in [0.1, 0.15) is 4.32 Å². The van der Waals surface area contributed by atoms with Crippen LogP contribution in [0, 0.1) is 0 Å². The number of methoxy groups -OCH3 is 2. The van der Waals surface area contributed by atoms with Crippen molar-refractivity contribution in [2.45, 2.75) is 12.6 Å². The molecule has 198 valence electrons. The van der Waals surface area contributed by atoms with E-state index in [0.29, 0.717) is 34.4 Å². The van der Waals surface area contributed by atoms with Crippen LogP contribution in [-0.4, -0.2) is 55.0 Å². The summed E-state index contributed by atoms with van der Waals surface area (Å²) in [5, 5.41) is 2.45. The first-order valence-corrected chi connectivity index (χ1v) is 12.4. The highest BCUT2D eigenvalue weighted by Gasteiger charge is 2.32. The summed E-state index contributed by atoms with van der Waals surface area (Å²) >= 11 is 12.8. The Hall–Kier alpha value is -2.80. The molecule has 1 aliphatic heterocycles. The number of amides is 2. The van der Waals surface area contributed by atoms with Gasteiger partial charge >= 0.3 is 6.18 Å². The number of alkyl halides is 3. The smallest absolute Gasteiger partial charge is 0.416 e. The number of carbonyl (C=O) groups is 2. The third kappa shape index (κ3) is 7.60. The lowest BCUT2D eigenvalue weighted by Gasteiger charge is -2.14. The molecule has 1 heterocycles. The number of ether oxygens (including phenoxy) is 3. The van der Waals surface area contributed by atoms with E-state index in [4.69, 9.17) is 38.0 Å². The summed E-state index contributed by atoms with van der Waals surface area (Å²) in [5.41, 5.74) is -0.380. The minimum Gasteiger partial charge on any atom is -0.493 e. The van der Waals surface area contributed by atoms with Crippen LogP contribution >= 0.6 is 35.6 Å². The zero-order valence-electron chi connectivity index (χ0n) is 19.7. The van der Waals surface area contributed by atoms with Gasteiger partial charge in [-0.2, -0.15) is 13.2 Å². The van der Waals surface area contributed by atoms with Gasteiger partial charge in [-0.3, -0.25) is 14.5 Å². The summed E-state index contributed by atoms with van der Waals surface area (Å²) < 4.78 is 54.9. The van der Waals surface area contributed by atoms with Crippen molar-refractivity contribution in [3.63, 3.8) is 0 Å². The monoisotopic (exact) mass is 574 g/mol. The highest BCUT2D eigenvalue weighted by atomic mass is 35.5. The van der Waals surface area contributed by atoms with Gasteiger partial charge in [0.05, 0.1) is 22.6 Å². The van der Waals surface area contributed by atoms with Gasteiger partial charge in [0.15, 0.2) is 18.1 Å². The molecule has 2 aromatic carbocycles. The van der Waals surface area contributed by atoms with Crippen molar-refractivity contribution in [1.82, 2.24) is 4.90 Å². The van der Waals surface area contributed by atoms with Crippen LogP contribution in [0.5, 0.6) is 11.5 Å². The minimum atomic E-state index is -4.54. The van der Waals surface area contributed by atoms with E-state index in [1.807, 2.05) is 0 Å². The second-order valence-corrected chi connectivity index (χ2v) is 9.71. The molecule has 3 rings (SSSR count). The maximum atomic E-state index is 12.9. The number of thiocarbonyl (C=S) groups is 1. The Bertz CT molecular complexity index is 1220. The topological polar surface area (TPSA) is 77.1 Å². The number of benzene rings is 2. The highest BCUT2D eigenvalue weighted by Crippen LogP contribution is 2.39. The molecule has 0 aromatic heterocycles. The fourth-order valence-corrected chi connectivity index (χ4v) is 4.86. The van der Waals surface area contributed by atoms with Crippen molar-refractivity contribution in [2.75, 3.05) is 39.3 Å². The summed E-state index contributed by atoms with van der Waals surface area (Å²) in [6.45, 7) is 0.406. The number of hydrogen-bond donors (Lipinski definition) is 1. The van der Waals surface area contributed by atoms with E-state index in [0.717, 1.165) is 12.1 Å². The molecule has 0 spiro atoms. The van der Waals surface area contributed by atoms with E-state index in [1.165, 1.54) is 42.0 Å².